The predicted octanol–water partition coefficient (Wildman–Crippen LogP) is 3.18. The summed E-state index contributed by atoms with van der Waals surface area (Å²) in [6.07, 6.45) is 2.79. The summed E-state index contributed by atoms with van der Waals surface area (Å²) in [5.74, 6) is 1.54. The fourth-order valence-electron chi connectivity index (χ4n) is 1.41. The lowest BCUT2D eigenvalue weighted by Crippen LogP contribution is -1.98. The third kappa shape index (κ3) is 1.85. The molecular weight excluding hydrogens is 198 g/mol. The van der Waals surface area contributed by atoms with E-state index < -0.39 is 0 Å². The summed E-state index contributed by atoms with van der Waals surface area (Å²) in [7, 11) is 0. The second kappa shape index (κ2) is 4.38. The number of rotatable bonds is 4. The van der Waals surface area contributed by atoms with Gasteiger partial charge in [0, 0.05) is 17.5 Å². The molecule has 2 aromatic rings. The van der Waals surface area contributed by atoms with Gasteiger partial charge < -0.3 is 9.72 Å². The molecule has 0 aliphatic carbocycles. The molecule has 1 heterocycles. The number of ether oxygens (including phenoxy) is 1. The molecule has 3 heteroatoms. The lowest BCUT2D eigenvalue weighted by molar-refractivity contribution is 0.321. The van der Waals surface area contributed by atoms with Gasteiger partial charge in [0.05, 0.1) is 12.1 Å². The van der Waals surface area contributed by atoms with Gasteiger partial charge in [-0.05, 0) is 18.6 Å². The molecule has 0 fully saturated rings. The molecule has 0 saturated carbocycles. The van der Waals surface area contributed by atoms with Gasteiger partial charge in [-0.1, -0.05) is 12.1 Å². The zero-order valence-electron chi connectivity index (χ0n) is 7.79. The van der Waals surface area contributed by atoms with Crippen molar-refractivity contribution in [2.24, 2.45) is 0 Å². The topological polar surface area (TPSA) is 25.0 Å². The van der Waals surface area contributed by atoms with E-state index in [1.165, 1.54) is 5.39 Å². The Hall–Kier alpha value is -1.15. The molecular formula is C11H12ClNO. The monoisotopic (exact) mass is 209 g/mol. The summed E-state index contributed by atoms with van der Waals surface area (Å²) < 4.78 is 5.60. The Labute approximate surface area is 87.8 Å². The lowest BCUT2D eigenvalue weighted by atomic mass is 10.2. The molecule has 0 aliphatic heterocycles. The Morgan fingerprint density at radius 3 is 3.07 bits per heavy atom. The first-order chi connectivity index (χ1) is 6.92. The van der Waals surface area contributed by atoms with Crippen molar-refractivity contribution in [1.82, 2.24) is 4.98 Å². The van der Waals surface area contributed by atoms with Gasteiger partial charge in [0.2, 0.25) is 0 Å². The molecule has 0 atom stereocenters. The van der Waals surface area contributed by atoms with Crippen molar-refractivity contribution < 1.29 is 4.74 Å². The van der Waals surface area contributed by atoms with Crippen molar-refractivity contribution in [1.29, 1.82) is 0 Å². The highest BCUT2D eigenvalue weighted by molar-refractivity contribution is 6.17. The maximum absolute atomic E-state index is 5.60. The van der Waals surface area contributed by atoms with E-state index in [1.54, 1.807) is 0 Å². The Morgan fingerprint density at radius 2 is 2.21 bits per heavy atom. The molecule has 0 unspecified atom stereocenters. The first-order valence-corrected chi connectivity index (χ1v) is 5.20. The molecule has 2 rings (SSSR count). The van der Waals surface area contributed by atoms with E-state index in [0.29, 0.717) is 12.5 Å². The van der Waals surface area contributed by atoms with Crippen LogP contribution < -0.4 is 4.74 Å². The van der Waals surface area contributed by atoms with E-state index in [0.717, 1.165) is 17.7 Å². The highest BCUT2D eigenvalue weighted by atomic mass is 35.5. The number of benzene rings is 1. The summed E-state index contributed by atoms with van der Waals surface area (Å²) in [5.41, 5.74) is 1.06. The van der Waals surface area contributed by atoms with E-state index in [9.17, 15) is 0 Å². The summed E-state index contributed by atoms with van der Waals surface area (Å²) in [6.45, 7) is 0.668. The van der Waals surface area contributed by atoms with Crippen LogP contribution in [-0.4, -0.2) is 17.5 Å². The average molecular weight is 210 g/mol. The first-order valence-electron chi connectivity index (χ1n) is 4.66. The first kappa shape index (κ1) is 9.41. The Bertz CT molecular complexity index is 410. The van der Waals surface area contributed by atoms with Crippen molar-refractivity contribution in [3.63, 3.8) is 0 Å². The molecule has 14 heavy (non-hydrogen) atoms. The molecule has 0 bridgehead atoms. The number of halogens is 1. The average Bonchev–Trinajstić information content (AvgIpc) is 2.67. The summed E-state index contributed by atoms with van der Waals surface area (Å²) in [4.78, 5) is 3.16. The van der Waals surface area contributed by atoms with E-state index in [1.807, 2.05) is 24.4 Å². The van der Waals surface area contributed by atoms with Gasteiger partial charge in [-0.25, -0.2) is 0 Å². The van der Waals surface area contributed by atoms with Gasteiger partial charge >= 0.3 is 0 Å². The van der Waals surface area contributed by atoms with Gasteiger partial charge in [-0.3, -0.25) is 0 Å². The Morgan fingerprint density at radius 1 is 1.29 bits per heavy atom. The number of para-hydroxylation sites is 1. The predicted molar refractivity (Wildman–Crippen MR) is 59.1 cm³/mol. The van der Waals surface area contributed by atoms with Gasteiger partial charge in [0.1, 0.15) is 5.75 Å². The van der Waals surface area contributed by atoms with Gasteiger partial charge in [0.15, 0.2) is 0 Å². The van der Waals surface area contributed by atoms with Crippen LogP contribution in [0, 0.1) is 0 Å². The number of H-pyrrole nitrogens is 1. The standard InChI is InChI=1S/C11H12ClNO/c12-6-2-8-14-10-4-1-3-9-5-7-13-11(9)10/h1,3-5,7,13H,2,6,8H2. The number of alkyl halides is 1. The molecule has 0 aliphatic rings. The van der Waals surface area contributed by atoms with Crippen LogP contribution in [0.15, 0.2) is 30.5 Å². The summed E-state index contributed by atoms with van der Waals surface area (Å²) in [6, 6.07) is 8.04. The van der Waals surface area contributed by atoms with E-state index in [2.05, 4.69) is 11.1 Å². The van der Waals surface area contributed by atoms with Crippen LogP contribution in [0.3, 0.4) is 0 Å². The van der Waals surface area contributed by atoms with E-state index >= 15 is 0 Å². The smallest absolute Gasteiger partial charge is 0.143 e. The minimum atomic E-state index is 0.640. The molecule has 0 radical (unpaired) electrons. The van der Waals surface area contributed by atoms with E-state index in [4.69, 9.17) is 16.3 Å². The highest BCUT2D eigenvalue weighted by Gasteiger charge is 2.01. The molecule has 0 saturated heterocycles. The second-order valence-electron chi connectivity index (χ2n) is 3.09. The van der Waals surface area contributed by atoms with Crippen LogP contribution in [0.25, 0.3) is 10.9 Å². The molecule has 0 spiro atoms. The van der Waals surface area contributed by atoms with Gasteiger partial charge in [-0.15, -0.1) is 11.6 Å². The molecule has 1 aromatic heterocycles. The third-order valence-corrected chi connectivity index (χ3v) is 2.35. The fourth-order valence-corrected chi connectivity index (χ4v) is 1.52. The molecule has 1 aromatic carbocycles. The number of hydrogen-bond donors (Lipinski definition) is 1. The van der Waals surface area contributed by atoms with Crippen molar-refractivity contribution in [3.8, 4) is 5.75 Å². The number of nitrogens with one attached hydrogen (secondary N) is 1. The van der Waals surface area contributed by atoms with Crippen LogP contribution in [0.5, 0.6) is 5.75 Å². The quantitative estimate of drug-likeness (QED) is 0.607. The maximum Gasteiger partial charge on any atom is 0.143 e. The number of fused-ring (bicyclic) bond motifs is 1. The van der Waals surface area contributed by atoms with Crippen LogP contribution in [0.4, 0.5) is 0 Å². The summed E-state index contributed by atoms with van der Waals surface area (Å²) >= 11 is 5.58. The van der Waals surface area contributed by atoms with Gasteiger partial charge in [0.25, 0.3) is 0 Å². The second-order valence-corrected chi connectivity index (χ2v) is 3.47. The number of hydrogen-bond acceptors (Lipinski definition) is 1. The normalized spacial score (nSPS) is 10.6. The van der Waals surface area contributed by atoms with Crippen molar-refractivity contribution in [2.45, 2.75) is 6.42 Å². The number of aromatic amines is 1. The van der Waals surface area contributed by atoms with Crippen molar-refractivity contribution in [3.05, 3.63) is 30.5 Å². The summed E-state index contributed by atoms with van der Waals surface area (Å²) in [5, 5.41) is 1.17. The third-order valence-electron chi connectivity index (χ3n) is 2.08. The minimum absolute atomic E-state index is 0.640. The van der Waals surface area contributed by atoms with Crippen LogP contribution in [0.2, 0.25) is 0 Å². The van der Waals surface area contributed by atoms with Crippen LogP contribution >= 0.6 is 11.6 Å². The minimum Gasteiger partial charge on any atom is -0.491 e. The van der Waals surface area contributed by atoms with Crippen LogP contribution in [0.1, 0.15) is 6.42 Å². The largest absolute Gasteiger partial charge is 0.491 e. The molecule has 74 valence electrons. The Balaban J connectivity index is 2.19. The van der Waals surface area contributed by atoms with Crippen molar-refractivity contribution >= 4 is 22.5 Å². The highest BCUT2D eigenvalue weighted by Crippen LogP contribution is 2.23. The maximum atomic E-state index is 5.60. The zero-order valence-corrected chi connectivity index (χ0v) is 8.55. The molecule has 0 amide bonds. The van der Waals surface area contributed by atoms with E-state index in [-0.39, 0.29) is 0 Å². The molecule has 1 N–H and O–H groups in total. The zero-order chi connectivity index (χ0) is 9.80. The van der Waals surface area contributed by atoms with Gasteiger partial charge in [-0.2, -0.15) is 0 Å². The Kier molecular flexibility index (Phi) is 2.94. The van der Waals surface area contributed by atoms with Crippen LogP contribution in [-0.2, 0) is 0 Å². The number of aromatic nitrogens is 1. The van der Waals surface area contributed by atoms with Crippen molar-refractivity contribution in [2.75, 3.05) is 12.5 Å². The SMILES string of the molecule is ClCCCOc1cccc2cc[nH]c12. The molecule has 2 nitrogen and oxygen atoms in total. The fraction of sp³-hybridized carbons (Fsp3) is 0.273. The lowest BCUT2D eigenvalue weighted by Gasteiger charge is -2.05.